The molecule has 2 aliphatic heterocycles. The summed E-state index contributed by atoms with van der Waals surface area (Å²) in [7, 11) is 4.43. The van der Waals surface area contributed by atoms with Gasteiger partial charge in [0.05, 0.1) is 43.1 Å². The lowest BCUT2D eigenvalue weighted by molar-refractivity contribution is -0.138. The highest BCUT2D eigenvalue weighted by Crippen LogP contribution is 2.65. The number of imide groups is 2. The van der Waals surface area contributed by atoms with Gasteiger partial charge in [0.2, 0.25) is 23.6 Å². The molecule has 202 valence electrons. The third-order valence-corrected chi connectivity index (χ3v) is 9.35. The molecule has 2 aliphatic carbocycles. The second kappa shape index (κ2) is 8.69. The number of hydrogen-bond donors (Lipinski definition) is 1. The Morgan fingerprint density at radius 2 is 1.67 bits per heavy atom. The molecule has 9 heteroatoms. The fraction of sp³-hybridized carbons (Fsp3) is 0.400. The van der Waals surface area contributed by atoms with Crippen molar-refractivity contribution in [3.8, 4) is 17.2 Å². The van der Waals surface area contributed by atoms with Crippen molar-refractivity contribution in [2.45, 2.75) is 25.7 Å². The van der Waals surface area contributed by atoms with Gasteiger partial charge in [-0.1, -0.05) is 29.8 Å². The summed E-state index contributed by atoms with van der Waals surface area (Å²) in [6, 6.07) is 11.9. The summed E-state index contributed by atoms with van der Waals surface area (Å²) in [4.78, 5) is 57.1. The van der Waals surface area contributed by atoms with Crippen molar-refractivity contribution in [1.82, 2.24) is 4.90 Å². The molecule has 4 aliphatic rings. The Morgan fingerprint density at radius 3 is 2.33 bits per heavy atom. The monoisotopic (exact) mass is 530 g/mol. The normalized spacial score (nSPS) is 31.6. The van der Waals surface area contributed by atoms with Crippen LogP contribution in [0.3, 0.4) is 0 Å². The number of fused-ring (bicyclic) bond motifs is 4. The van der Waals surface area contributed by atoms with E-state index in [4.69, 9.17) is 9.47 Å². The number of phenolic OH excluding ortho intramolecular Hbond substituents is 1. The van der Waals surface area contributed by atoms with Crippen LogP contribution in [0.2, 0.25) is 0 Å². The zero-order valence-electron chi connectivity index (χ0n) is 22.2. The Morgan fingerprint density at radius 1 is 0.949 bits per heavy atom. The highest BCUT2D eigenvalue weighted by atomic mass is 16.5. The molecule has 6 rings (SSSR count). The second-order valence-corrected chi connectivity index (χ2v) is 11.0. The zero-order chi connectivity index (χ0) is 27.8. The standard InChI is InChI=1S/C30H30N2O7/c1-30-20(27(35)32(29(30)37)15-8-6-5-7-9-15)14-19-17(10-11-18-23(19)28(36)31(2)26(18)34)25(30)24-21(33)12-16(38-3)13-22(24)39-4/h5-10,12-13,18-20,23,25,33H,11,14H2,1-4H3. The Balaban J connectivity index is 1.59. The van der Waals surface area contributed by atoms with Gasteiger partial charge in [-0.2, -0.15) is 0 Å². The number of nitrogens with zero attached hydrogens (tertiary/aromatic N) is 2. The third kappa shape index (κ3) is 3.25. The summed E-state index contributed by atoms with van der Waals surface area (Å²) in [5.74, 6) is -3.83. The maximum atomic E-state index is 14.4. The number of allylic oxidation sites excluding steroid dienone is 2. The lowest BCUT2D eigenvalue weighted by Gasteiger charge is -2.49. The first-order valence-corrected chi connectivity index (χ1v) is 13.0. The Kier molecular flexibility index (Phi) is 5.61. The smallest absolute Gasteiger partial charge is 0.241 e. The van der Waals surface area contributed by atoms with E-state index in [2.05, 4.69) is 0 Å². The molecule has 2 aromatic rings. The number of carbonyl (C=O) groups is 4. The van der Waals surface area contributed by atoms with Gasteiger partial charge in [0.25, 0.3) is 0 Å². The molecule has 4 amide bonds. The van der Waals surface area contributed by atoms with Crippen molar-refractivity contribution in [3.63, 3.8) is 0 Å². The molecule has 2 aromatic carbocycles. The van der Waals surface area contributed by atoms with Crippen LogP contribution in [0, 0.1) is 29.1 Å². The molecule has 6 atom stereocenters. The fourth-order valence-electron chi connectivity index (χ4n) is 7.47. The van der Waals surface area contributed by atoms with E-state index in [0.717, 1.165) is 5.57 Å². The average molecular weight is 531 g/mol. The van der Waals surface area contributed by atoms with Crippen LogP contribution >= 0.6 is 0 Å². The van der Waals surface area contributed by atoms with E-state index >= 15 is 0 Å². The molecule has 6 unspecified atom stereocenters. The molecular weight excluding hydrogens is 500 g/mol. The molecule has 1 N–H and O–H groups in total. The van der Waals surface area contributed by atoms with Gasteiger partial charge in [-0.25, -0.2) is 4.90 Å². The second-order valence-electron chi connectivity index (χ2n) is 11.0. The predicted molar refractivity (Wildman–Crippen MR) is 140 cm³/mol. The first-order chi connectivity index (χ1) is 18.6. The van der Waals surface area contributed by atoms with Crippen molar-refractivity contribution in [1.29, 1.82) is 0 Å². The van der Waals surface area contributed by atoms with E-state index in [9.17, 15) is 24.3 Å². The number of ether oxygens (including phenoxy) is 2. The lowest BCUT2D eigenvalue weighted by atomic mass is 9.51. The minimum Gasteiger partial charge on any atom is -0.507 e. The number of phenols is 1. The Labute approximate surface area is 226 Å². The van der Waals surface area contributed by atoms with E-state index < -0.39 is 35.0 Å². The van der Waals surface area contributed by atoms with E-state index in [0.29, 0.717) is 29.2 Å². The Hall–Kier alpha value is -4.14. The molecule has 0 aromatic heterocycles. The number of likely N-dealkylation sites (tertiary alicyclic amines) is 1. The minimum atomic E-state index is -1.28. The van der Waals surface area contributed by atoms with E-state index in [-0.39, 0.29) is 35.8 Å². The quantitative estimate of drug-likeness (QED) is 0.477. The number of aromatic hydroxyl groups is 1. The van der Waals surface area contributed by atoms with Gasteiger partial charge < -0.3 is 14.6 Å². The molecule has 0 radical (unpaired) electrons. The van der Waals surface area contributed by atoms with Gasteiger partial charge in [0.1, 0.15) is 17.2 Å². The number of hydrogen-bond acceptors (Lipinski definition) is 7. The fourth-order valence-corrected chi connectivity index (χ4v) is 7.47. The van der Waals surface area contributed by atoms with E-state index in [1.54, 1.807) is 37.3 Å². The molecule has 9 nitrogen and oxygen atoms in total. The molecule has 2 heterocycles. The Bertz CT molecular complexity index is 1450. The first kappa shape index (κ1) is 25.2. The van der Waals surface area contributed by atoms with Crippen LogP contribution in [0.25, 0.3) is 0 Å². The van der Waals surface area contributed by atoms with Crippen LogP contribution in [-0.4, -0.2) is 54.9 Å². The number of methoxy groups -OCH3 is 2. The summed E-state index contributed by atoms with van der Waals surface area (Å²) in [5.41, 5.74) is 0.330. The van der Waals surface area contributed by atoms with Crippen molar-refractivity contribution in [2.24, 2.45) is 29.1 Å². The number of anilines is 1. The van der Waals surface area contributed by atoms with Crippen molar-refractivity contribution in [2.75, 3.05) is 26.2 Å². The van der Waals surface area contributed by atoms with Crippen LogP contribution in [0.15, 0.2) is 54.1 Å². The average Bonchev–Trinajstić information content (AvgIpc) is 3.28. The third-order valence-electron chi connectivity index (χ3n) is 9.35. The van der Waals surface area contributed by atoms with Gasteiger partial charge in [0.15, 0.2) is 0 Å². The number of amides is 4. The van der Waals surface area contributed by atoms with Crippen LogP contribution in [-0.2, 0) is 19.2 Å². The van der Waals surface area contributed by atoms with Gasteiger partial charge >= 0.3 is 0 Å². The van der Waals surface area contributed by atoms with Gasteiger partial charge in [-0.05, 0) is 37.8 Å². The summed E-state index contributed by atoms with van der Waals surface area (Å²) in [5, 5.41) is 11.3. The van der Waals surface area contributed by atoms with Crippen LogP contribution in [0.4, 0.5) is 5.69 Å². The van der Waals surface area contributed by atoms with Gasteiger partial charge in [0, 0.05) is 30.7 Å². The summed E-state index contributed by atoms with van der Waals surface area (Å²) >= 11 is 0. The summed E-state index contributed by atoms with van der Waals surface area (Å²) < 4.78 is 11.0. The van der Waals surface area contributed by atoms with E-state index in [1.165, 1.54) is 37.1 Å². The number of para-hydroxylation sites is 1. The van der Waals surface area contributed by atoms with Crippen molar-refractivity contribution < 1.29 is 33.8 Å². The molecule has 0 bridgehead atoms. The number of rotatable bonds is 4. The highest BCUT2D eigenvalue weighted by Gasteiger charge is 2.68. The first-order valence-electron chi connectivity index (χ1n) is 13.0. The minimum absolute atomic E-state index is 0.135. The lowest BCUT2D eigenvalue weighted by Crippen LogP contribution is -2.49. The highest BCUT2D eigenvalue weighted by molar-refractivity contribution is 6.24. The maximum absolute atomic E-state index is 14.4. The number of carbonyl (C=O) groups excluding carboxylic acids is 4. The molecule has 2 saturated heterocycles. The number of benzene rings is 2. The van der Waals surface area contributed by atoms with Gasteiger partial charge in [-0.15, -0.1) is 0 Å². The SMILES string of the molecule is COc1cc(O)c(C2C3=CCC4C(=O)N(C)C(=O)C4C3CC3C(=O)N(c4ccccc4)C(=O)C32C)c(OC)c1. The predicted octanol–water partition coefficient (Wildman–Crippen LogP) is 3.27. The molecule has 0 spiro atoms. The molecular formula is C30H30N2O7. The maximum Gasteiger partial charge on any atom is 0.241 e. The van der Waals surface area contributed by atoms with Crippen LogP contribution < -0.4 is 14.4 Å². The zero-order valence-corrected chi connectivity index (χ0v) is 22.2. The van der Waals surface area contributed by atoms with Crippen molar-refractivity contribution >= 4 is 29.3 Å². The largest absolute Gasteiger partial charge is 0.507 e. The van der Waals surface area contributed by atoms with Crippen LogP contribution in [0.1, 0.15) is 31.2 Å². The van der Waals surface area contributed by atoms with E-state index in [1.807, 2.05) is 12.1 Å². The summed E-state index contributed by atoms with van der Waals surface area (Å²) in [6.45, 7) is 1.77. The topological polar surface area (TPSA) is 113 Å². The molecule has 3 fully saturated rings. The van der Waals surface area contributed by atoms with Crippen molar-refractivity contribution in [3.05, 3.63) is 59.7 Å². The molecule has 1 saturated carbocycles. The summed E-state index contributed by atoms with van der Waals surface area (Å²) in [6.07, 6.45) is 2.53. The van der Waals surface area contributed by atoms with Gasteiger partial charge in [-0.3, -0.25) is 24.1 Å². The van der Waals surface area contributed by atoms with Crippen LogP contribution in [0.5, 0.6) is 17.2 Å². The molecule has 39 heavy (non-hydrogen) atoms.